The SMILES string of the molecule is [AlH3].[B]C[SiH3]. The average molecular weight is 86.0 g/mol. The van der Waals surface area contributed by atoms with Crippen molar-refractivity contribution >= 4 is 35.4 Å². The van der Waals surface area contributed by atoms with Gasteiger partial charge in [-0.25, -0.2) is 0 Å². The lowest BCUT2D eigenvalue weighted by atomic mass is 10.2. The van der Waals surface area contributed by atoms with Crippen molar-refractivity contribution in [1.29, 1.82) is 0 Å². The molecule has 0 spiro atoms. The van der Waals surface area contributed by atoms with E-state index < -0.39 is 0 Å². The molecule has 0 atom stereocenters. The van der Waals surface area contributed by atoms with Crippen molar-refractivity contribution < 1.29 is 0 Å². The van der Waals surface area contributed by atoms with Crippen molar-refractivity contribution in [2.24, 2.45) is 0 Å². The molecule has 0 rings (SSSR count). The largest absolute Gasteiger partial charge is 0.187 e. The highest BCUT2D eigenvalue weighted by molar-refractivity contribution is 6.31. The Morgan fingerprint density at radius 3 is 1.75 bits per heavy atom. The summed E-state index contributed by atoms with van der Waals surface area (Å²) in [5.74, 6) is 0.889. The van der Waals surface area contributed by atoms with Gasteiger partial charge in [-0.05, 0) is 10.2 Å². The Morgan fingerprint density at radius 1 is 1.75 bits per heavy atom. The number of hydrogen-bond donors (Lipinski definition) is 0. The Labute approximate surface area is 41.9 Å². The summed E-state index contributed by atoms with van der Waals surface area (Å²) in [5, 5.41) is 0. The van der Waals surface area contributed by atoms with Crippen LogP contribution in [0.4, 0.5) is 0 Å². The van der Waals surface area contributed by atoms with E-state index in [2.05, 4.69) is 0 Å². The monoisotopic (exact) mass is 86.0 g/mol. The molecule has 0 aromatic heterocycles. The summed E-state index contributed by atoms with van der Waals surface area (Å²) in [7, 11) is 6.06. The van der Waals surface area contributed by atoms with Crippen LogP contribution in [-0.2, 0) is 0 Å². The number of hydrogen-bond acceptors (Lipinski definition) is 0. The van der Waals surface area contributed by atoms with Gasteiger partial charge in [0.2, 0.25) is 0 Å². The van der Waals surface area contributed by atoms with Gasteiger partial charge in [0.1, 0.15) is 0 Å². The summed E-state index contributed by atoms with van der Waals surface area (Å²) < 4.78 is 0. The van der Waals surface area contributed by atoms with Crippen LogP contribution in [0.25, 0.3) is 0 Å². The third-order valence-corrected chi connectivity index (χ3v) is 0. The minimum absolute atomic E-state index is 0. The fraction of sp³-hybridized carbons (Fsp3) is 1.00. The molecule has 0 aliphatic carbocycles. The van der Waals surface area contributed by atoms with E-state index in [4.69, 9.17) is 7.85 Å². The highest BCUT2D eigenvalue weighted by Crippen LogP contribution is 1.36. The average Bonchev–Trinajstić information content (AvgIpc) is 0.918. The fourth-order valence-corrected chi connectivity index (χ4v) is 0. The Balaban J connectivity index is 0. The molecule has 0 fully saturated rings. The molecule has 0 nitrogen and oxygen atoms in total. The van der Waals surface area contributed by atoms with Gasteiger partial charge in [0.25, 0.3) is 0 Å². The lowest BCUT2D eigenvalue weighted by Crippen LogP contribution is -1.53. The minimum atomic E-state index is 0. The second-order valence-electron chi connectivity index (χ2n) is 0.408. The van der Waals surface area contributed by atoms with Gasteiger partial charge >= 0.3 is 0 Å². The van der Waals surface area contributed by atoms with Crippen LogP contribution >= 0.6 is 0 Å². The van der Waals surface area contributed by atoms with Crippen LogP contribution in [0.15, 0.2) is 0 Å². The lowest BCUT2D eigenvalue weighted by Gasteiger charge is -1.45. The molecule has 0 saturated heterocycles. The summed E-state index contributed by atoms with van der Waals surface area (Å²) >= 11 is 0. The van der Waals surface area contributed by atoms with E-state index in [1.165, 1.54) is 0 Å². The van der Waals surface area contributed by atoms with Gasteiger partial charge in [0.05, 0.1) is 7.85 Å². The molecule has 0 heterocycles. The molecule has 0 bridgehead atoms. The van der Waals surface area contributed by atoms with Crippen molar-refractivity contribution in [3.8, 4) is 0 Å². The molecule has 0 aromatic carbocycles. The smallest absolute Gasteiger partial charge is 0.1000 e. The minimum Gasteiger partial charge on any atom is -0.1000 e. The van der Waals surface area contributed by atoms with Crippen molar-refractivity contribution in [3.05, 3.63) is 0 Å². The van der Waals surface area contributed by atoms with Gasteiger partial charge < -0.3 is 0 Å². The Morgan fingerprint density at radius 2 is 1.75 bits per heavy atom. The summed E-state index contributed by atoms with van der Waals surface area (Å²) in [6, 6.07) is 0. The standard InChI is InChI=1S/CH5BSi.Al.3H/c2-1-3;;;;/h1H2,3H3;;;;. The molecule has 0 N–H and O–H groups in total. The van der Waals surface area contributed by atoms with E-state index in [9.17, 15) is 0 Å². The fourth-order valence-electron chi connectivity index (χ4n) is 0. The Bertz CT molecular complexity index is 8.00. The summed E-state index contributed by atoms with van der Waals surface area (Å²) in [4.78, 5) is 0. The molecule has 0 saturated carbocycles. The van der Waals surface area contributed by atoms with Crippen LogP contribution in [0.2, 0.25) is 5.94 Å². The first-order valence-electron chi connectivity index (χ1n) is 1.12. The van der Waals surface area contributed by atoms with Gasteiger partial charge in [-0.1, -0.05) is 5.94 Å². The summed E-state index contributed by atoms with van der Waals surface area (Å²) in [6.07, 6.45) is 0. The van der Waals surface area contributed by atoms with Crippen LogP contribution in [0, 0.1) is 0 Å². The quantitative estimate of drug-likeness (QED) is 0.291. The van der Waals surface area contributed by atoms with Crippen molar-refractivity contribution in [2.75, 3.05) is 0 Å². The Kier molecular flexibility index (Phi) is 20.3. The van der Waals surface area contributed by atoms with Crippen LogP contribution in [-0.4, -0.2) is 35.4 Å². The van der Waals surface area contributed by atoms with Gasteiger partial charge in [0.15, 0.2) is 17.4 Å². The molecule has 0 amide bonds. The van der Waals surface area contributed by atoms with E-state index in [1.54, 1.807) is 0 Å². The summed E-state index contributed by atoms with van der Waals surface area (Å²) in [5.41, 5.74) is 0. The first-order chi connectivity index (χ1) is 1.41. The van der Waals surface area contributed by atoms with Crippen LogP contribution in [0.3, 0.4) is 0 Å². The zero-order chi connectivity index (χ0) is 2.71. The zero-order valence-electron chi connectivity index (χ0n) is 2.28. The maximum atomic E-state index is 4.91. The second kappa shape index (κ2) is 9.18. The molecule has 3 heteroatoms. The van der Waals surface area contributed by atoms with E-state index in [1.807, 2.05) is 0 Å². The van der Waals surface area contributed by atoms with Gasteiger partial charge in [-0.3, -0.25) is 0 Å². The molecule has 0 unspecified atom stereocenters. The molecular formula is CH8AlBSi. The van der Waals surface area contributed by atoms with E-state index in [-0.39, 0.29) is 17.4 Å². The third-order valence-electron chi connectivity index (χ3n) is 0. The van der Waals surface area contributed by atoms with Crippen molar-refractivity contribution in [2.45, 2.75) is 5.94 Å². The summed E-state index contributed by atoms with van der Waals surface area (Å²) in [6.45, 7) is 0. The van der Waals surface area contributed by atoms with Gasteiger partial charge in [-0.2, -0.15) is 0 Å². The molecule has 0 aliphatic heterocycles. The topological polar surface area (TPSA) is 0 Å². The molecule has 0 aliphatic rings. The molecule has 0 aromatic rings. The zero-order valence-corrected chi connectivity index (χ0v) is 4.28. The lowest BCUT2D eigenvalue weighted by molar-refractivity contribution is 2.14. The second-order valence-corrected chi connectivity index (χ2v) is 1.22. The maximum Gasteiger partial charge on any atom is 0.187 e. The van der Waals surface area contributed by atoms with Crippen LogP contribution in [0.1, 0.15) is 0 Å². The number of rotatable bonds is 0. The maximum absolute atomic E-state index is 4.91. The van der Waals surface area contributed by atoms with E-state index >= 15 is 0 Å². The predicted molar refractivity (Wildman–Crippen MR) is 30.4 cm³/mol. The van der Waals surface area contributed by atoms with Crippen molar-refractivity contribution in [3.63, 3.8) is 0 Å². The first-order valence-corrected chi connectivity index (χ1v) is 2.53. The Hall–Kier alpha value is 0.814. The van der Waals surface area contributed by atoms with Gasteiger partial charge in [-0.15, -0.1) is 0 Å². The molecule has 2 radical (unpaired) electrons. The highest BCUT2D eigenvalue weighted by atomic mass is 28.1. The molecule has 4 heavy (non-hydrogen) atoms. The van der Waals surface area contributed by atoms with Crippen molar-refractivity contribution in [1.82, 2.24) is 0 Å². The third kappa shape index (κ3) is 14.0. The first kappa shape index (κ1) is 8.84. The van der Waals surface area contributed by atoms with Gasteiger partial charge in [0, 0.05) is 0 Å². The van der Waals surface area contributed by atoms with E-state index in [0.717, 1.165) is 16.2 Å². The molecule has 22 valence electrons. The van der Waals surface area contributed by atoms with E-state index in [0.29, 0.717) is 0 Å². The normalized spacial score (nSPS) is 5.00. The van der Waals surface area contributed by atoms with Crippen LogP contribution in [0.5, 0.6) is 0 Å². The molecular weight excluding hydrogens is 77.9 g/mol. The predicted octanol–water partition coefficient (Wildman–Crippen LogP) is -2.29. The van der Waals surface area contributed by atoms with Crippen LogP contribution < -0.4 is 0 Å². The highest BCUT2D eigenvalue weighted by Gasteiger charge is 1.38.